The summed E-state index contributed by atoms with van der Waals surface area (Å²) in [4.78, 5) is 21.7. The van der Waals surface area contributed by atoms with Crippen LogP contribution >= 0.6 is 24.8 Å². The number of hydrogen-bond acceptors (Lipinski definition) is 6. The van der Waals surface area contributed by atoms with Crippen LogP contribution in [0, 0.1) is 15.5 Å². The third-order valence-electron chi connectivity index (χ3n) is 2.81. The number of guanidine groups is 1. The second-order valence-corrected chi connectivity index (χ2v) is 4.65. The van der Waals surface area contributed by atoms with Gasteiger partial charge in [0.05, 0.1) is 10.5 Å². The molecule has 1 rings (SSSR count). The van der Waals surface area contributed by atoms with Crippen LogP contribution in [-0.4, -0.2) is 36.0 Å². The molecule has 0 radical (unpaired) electrons. The van der Waals surface area contributed by atoms with Gasteiger partial charge in [0.1, 0.15) is 6.61 Å². The second kappa shape index (κ2) is 12.3. The lowest BCUT2D eigenvalue weighted by atomic mass is 10.2. The van der Waals surface area contributed by atoms with Gasteiger partial charge < -0.3 is 21.5 Å². The first-order valence-corrected chi connectivity index (χ1v) is 6.65. The number of nitrogens with one attached hydrogen (secondary N) is 2. The van der Waals surface area contributed by atoms with Crippen molar-refractivity contribution in [2.45, 2.75) is 18.9 Å². The van der Waals surface area contributed by atoms with Crippen LogP contribution in [0.4, 0.5) is 5.69 Å². The van der Waals surface area contributed by atoms with Gasteiger partial charge in [0.2, 0.25) is 0 Å². The molecule has 0 unspecified atom stereocenters. The molecule has 11 heteroatoms. The molecule has 24 heavy (non-hydrogen) atoms. The summed E-state index contributed by atoms with van der Waals surface area (Å²) in [6.07, 6.45) is 1.30. The highest BCUT2D eigenvalue weighted by molar-refractivity contribution is 5.89. The number of carbonyl (C=O) groups excluding carboxylic acids is 1. The van der Waals surface area contributed by atoms with Gasteiger partial charge in [-0.05, 0) is 25.0 Å². The zero-order chi connectivity index (χ0) is 16.5. The van der Waals surface area contributed by atoms with Gasteiger partial charge in [-0.1, -0.05) is 0 Å². The Hall–Kier alpha value is -2.10. The third-order valence-corrected chi connectivity index (χ3v) is 2.81. The van der Waals surface area contributed by atoms with E-state index >= 15 is 0 Å². The first-order valence-electron chi connectivity index (χ1n) is 6.65. The molecule has 0 heterocycles. The Morgan fingerprint density at radius 3 is 2.42 bits per heavy atom. The topological polar surface area (TPSA) is 157 Å². The minimum Gasteiger partial charge on any atom is -0.460 e. The van der Waals surface area contributed by atoms with E-state index in [1.54, 1.807) is 0 Å². The molecule has 0 saturated heterocycles. The predicted molar refractivity (Wildman–Crippen MR) is 95.0 cm³/mol. The Bertz CT molecular complexity index is 542. The zero-order valence-corrected chi connectivity index (χ0v) is 14.4. The number of halogens is 2. The van der Waals surface area contributed by atoms with Crippen molar-refractivity contribution < 1.29 is 14.5 Å². The molecular formula is C13H21Cl2N5O4. The Kier molecular flexibility index (Phi) is 12.4. The van der Waals surface area contributed by atoms with E-state index in [1.807, 2.05) is 0 Å². The molecule has 0 aliphatic rings. The highest BCUT2D eigenvalue weighted by Gasteiger charge is 2.12. The molecule has 1 atom stereocenters. The van der Waals surface area contributed by atoms with E-state index in [4.69, 9.17) is 21.6 Å². The Balaban J connectivity index is 0. The summed E-state index contributed by atoms with van der Waals surface area (Å²) in [5.74, 6) is -0.676. The van der Waals surface area contributed by atoms with Gasteiger partial charge in [-0.15, -0.1) is 24.8 Å². The molecule has 0 spiro atoms. The summed E-state index contributed by atoms with van der Waals surface area (Å²) >= 11 is 0. The number of hydrogen-bond donors (Lipinski definition) is 4. The molecule has 0 bridgehead atoms. The Morgan fingerprint density at radius 2 is 1.92 bits per heavy atom. The van der Waals surface area contributed by atoms with Gasteiger partial charge in [0, 0.05) is 24.7 Å². The molecule has 0 saturated carbocycles. The second-order valence-electron chi connectivity index (χ2n) is 4.65. The summed E-state index contributed by atoms with van der Waals surface area (Å²) in [7, 11) is 0. The van der Waals surface area contributed by atoms with Gasteiger partial charge in [0.25, 0.3) is 5.69 Å². The molecule has 136 valence electrons. The zero-order valence-electron chi connectivity index (χ0n) is 12.8. The van der Waals surface area contributed by atoms with E-state index in [-0.39, 0.29) is 54.7 Å². The van der Waals surface area contributed by atoms with Crippen LogP contribution < -0.4 is 16.8 Å². The first-order chi connectivity index (χ1) is 10.4. The van der Waals surface area contributed by atoms with Gasteiger partial charge >= 0.3 is 5.97 Å². The maximum Gasteiger partial charge on any atom is 0.338 e. The van der Waals surface area contributed by atoms with Crippen molar-refractivity contribution in [1.29, 1.82) is 5.41 Å². The average Bonchev–Trinajstić information content (AvgIpc) is 2.49. The number of esters is 1. The summed E-state index contributed by atoms with van der Waals surface area (Å²) in [5.41, 5.74) is 11.1. The number of carbonyl (C=O) groups is 1. The number of ether oxygens (including phenoxy) is 1. The highest BCUT2D eigenvalue weighted by atomic mass is 35.5. The lowest BCUT2D eigenvalue weighted by Crippen LogP contribution is -2.33. The van der Waals surface area contributed by atoms with Crippen molar-refractivity contribution in [3.05, 3.63) is 39.9 Å². The molecule has 0 aliphatic carbocycles. The van der Waals surface area contributed by atoms with Crippen LogP contribution in [0.2, 0.25) is 0 Å². The van der Waals surface area contributed by atoms with Crippen LogP contribution in [0.5, 0.6) is 0 Å². The van der Waals surface area contributed by atoms with Crippen LogP contribution in [0.25, 0.3) is 0 Å². The Morgan fingerprint density at radius 1 is 1.33 bits per heavy atom. The summed E-state index contributed by atoms with van der Waals surface area (Å²) in [5, 5.41) is 20.1. The number of rotatable bonds is 8. The fraction of sp³-hybridized carbons (Fsp3) is 0.385. The number of nitro benzene ring substituents is 1. The third kappa shape index (κ3) is 9.13. The van der Waals surface area contributed by atoms with E-state index in [0.29, 0.717) is 19.4 Å². The first kappa shape index (κ1) is 24.2. The van der Waals surface area contributed by atoms with Gasteiger partial charge in [0.15, 0.2) is 5.96 Å². The Labute approximate surface area is 151 Å². The minimum atomic E-state index is -0.577. The van der Waals surface area contributed by atoms with E-state index in [9.17, 15) is 14.9 Å². The van der Waals surface area contributed by atoms with Gasteiger partial charge in [-0.3, -0.25) is 15.5 Å². The molecule has 0 fully saturated rings. The molecule has 6 N–H and O–H groups in total. The number of benzene rings is 1. The fourth-order valence-corrected chi connectivity index (χ4v) is 1.66. The number of nitrogens with two attached hydrogens (primary N) is 2. The van der Waals surface area contributed by atoms with Crippen molar-refractivity contribution >= 4 is 42.4 Å². The SMILES string of the molecule is Cl.Cl.N=C(N)NCCC[C@H](N)COC(=O)c1ccc([N+](=O)[O-])cc1. The van der Waals surface area contributed by atoms with Crippen molar-refractivity contribution in [1.82, 2.24) is 5.32 Å². The van der Waals surface area contributed by atoms with Crippen LogP contribution in [-0.2, 0) is 4.74 Å². The number of nitrogens with zero attached hydrogens (tertiary/aromatic N) is 1. The van der Waals surface area contributed by atoms with E-state index in [2.05, 4.69) is 5.32 Å². The molecule has 9 nitrogen and oxygen atoms in total. The van der Waals surface area contributed by atoms with Crippen molar-refractivity contribution in [2.24, 2.45) is 11.5 Å². The lowest BCUT2D eigenvalue weighted by molar-refractivity contribution is -0.384. The quantitative estimate of drug-likeness (QED) is 0.131. The highest BCUT2D eigenvalue weighted by Crippen LogP contribution is 2.12. The largest absolute Gasteiger partial charge is 0.460 e. The van der Waals surface area contributed by atoms with E-state index in [1.165, 1.54) is 24.3 Å². The maximum absolute atomic E-state index is 11.7. The summed E-state index contributed by atoms with van der Waals surface area (Å²) in [6, 6.07) is 4.83. The molecule has 1 aromatic carbocycles. The van der Waals surface area contributed by atoms with E-state index < -0.39 is 10.9 Å². The van der Waals surface area contributed by atoms with Crippen molar-refractivity contribution in [3.8, 4) is 0 Å². The molecule has 1 aromatic rings. The minimum absolute atomic E-state index is 0. The lowest BCUT2D eigenvalue weighted by Gasteiger charge is -2.12. The normalized spacial score (nSPS) is 10.5. The predicted octanol–water partition coefficient (Wildman–Crippen LogP) is 1.19. The van der Waals surface area contributed by atoms with Gasteiger partial charge in [-0.25, -0.2) is 4.79 Å². The molecule has 0 aliphatic heterocycles. The van der Waals surface area contributed by atoms with Gasteiger partial charge in [-0.2, -0.15) is 0 Å². The number of nitro groups is 1. The van der Waals surface area contributed by atoms with Crippen LogP contribution in [0.1, 0.15) is 23.2 Å². The standard InChI is InChI=1S/C13H19N5O4.2ClH/c14-10(2-1-7-17-13(15)16)8-22-12(19)9-3-5-11(6-4-9)18(20)21;;/h3-6,10H,1-2,7-8,14H2,(H4,15,16,17);2*1H/t10-;;/m0../s1. The van der Waals surface area contributed by atoms with Crippen LogP contribution in [0.3, 0.4) is 0 Å². The van der Waals surface area contributed by atoms with Crippen molar-refractivity contribution in [2.75, 3.05) is 13.2 Å². The monoisotopic (exact) mass is 381 g/mol. The molecule has 0 amide bonds. The molecule has 0 aromatic heterocycles. The smallest absolute Gasteiger partial charge is 0.338 e. The molecular weight excluding hydrogens is 361 g/mol. The maximum atomic E-state index is 11.7. The summed E-state index contributed by atoms with van der Waals surface area (Å²) < 4.78 is 5.05. The summed E-state index contributed by atoms with van der Waals surface area (Å²) in [6.45, 7) is 0.579. The van der Waals surface area contributed by atoms with E-state index in [0.717, 1.165) is 0 Å². The number of non-ortho nitro benzene ring substituents is 1. The fourth-order valence-electron chi connectivity index (χ4n) is 1.66. The van der Waals surface area contributed by atoms with Crippen LogP contribution in [0.15, 0.2) is 24.3 Å². The van der Waals surface area contributed by atoms with Crippen molar-refractivity contribution in [3.63, 3.8) is 0 Å². The average molecular weight is 382 g/mol.